The number of carbonyl (C=O) groups excluding carboxylic acids is 4. The molecule has 1 aliphatic rings. The van der Waals surface area contributed by atoms with Gasteiger partial charge in [0.25, 0.3) is 0 Å². The summed E-state index contributed by atoms with van der Waals surface area (Å²) < 4.78 is 0. The van der Waals surface area contributed by atoms with Crippen LogP contribution in [0.15, 0.2) is 22.5 Å². The first-order valence-electron chi connectivity index (χ1n) is 6.73. The molecule has 0 saturated carbocycles. The fourth-order valence-electron chi connectivity index (χ4n) is 2.00. The summed E-state index contributed by atoms with van der Waals surface area (Å²) in [6.07, 6.45) is 0.551. The van der Waals surface area contributed by atoms with Crippen molar-refractivity contribution in [1.82, 2.24) is 5.32 Å². The van der Waals surface area contributed by atoms with Crippen LogP contribution < -0.4 is 5.32 Å². The highest BCUT2D eigenvalue weighted by Gasteiger charge is 2.20. The van der Waals surface area contributed by atoms with E-state index < -0.39 is 0 Å². The van der Waals surface area contributed by atoms with E-state index in [1.165, 1.54) is 27.7 Å². The molecule has 0 aromatic heterocycles. The van der Waals surface area contributed by atoms with Gasteiger partial charge in [-0.2, -0.15) is 0 Å². The third-order valence-electron chi connectivity index (χ3n) is 2.98. The molecule has 0 aromatic carbocycles. The molecule has 0 aromatic rings. The van der Waals surface area contributed by atoms with Gasteiger partial charge in [-0.1, -0.05) is 0 Å². The van der Waals surface area contributed by atoms with Crippen LogP contribution in [0.4, 0.5) is 0 Å². The third kappa shape index (κ3) is 6.79. The second-order valence-corrected chi connectivity index (χ2v) is 5.20. The Morgan fingerprint density at radius 3 is 1.33 bits per heavy atom. The summed E-state index contributed by atoms with van der Waals surface area (Å²) in [6, 6.07) is 0. The van der Waals surface area contributed by atoms with E-state index in [4.69, 9.17) is 0 Å². The van der Waals surface area contributed by atoms with Gasteiger partial charge in [0.1, 0.15) is 11.6 Å². The Bertz CT molecular complexity index is 492. The van der Waals surface area contributed by atoms with Crippen LogP contribution in [0, 0.1) is 0 Å². The van der Waals surface area contributed by atoms with Crippen LogP contribution in [0.5, 0.6) is 0 Å². The van der Waals surface area contributed by atoms with Crippen molar-refractivity contribution in [3.8, 4) is 0 Å². The molecule has 1 aliphatic heterocycles. The molecule has 5 heteroatoms. The van der Waals surface area contributed by atoms with Crippen LogP contribution in [0.1, 0.15) is 54.4 Å². The van der Waals surface area contributed by atoms with Gasteiger partial charge in [0.15, 0.2) is 11.6 Å². The molecule has 0 atom stereocenters. The molecule has 0 unspecified atom stereocenters. The summed E-state index contributed by atoms with van der Waals surface area (Å²) >= 11 is 0. The molecule has 0 bridgehead atoms. The number of dihydropyridines is 1. The largest absolute Gasteiger partial charge is 0.362 e. The van der Waals surface area contributed by atoms with Gasteiger partial charge < -0.3 is 5.32 Å². The Labute approximate surface area is 125 Å². The van der Waals surface area contributed by atoms with Crippen LogP contribution in [0.25, 0.3) is 0 Å². The van der Waals surface area contributed by atoms with Gasteiger partial charge in [-0.3, -0.25) is 19.2 Å². The SMILES string of the molecule is CC(=O)C1=C(C)NC(C)=C(C(C)=O)C1.CC(=O)CC(C)=O. The van der Waals surface area contributed by atoms with Gasteiger partial charge in [-0.25, -0.2) is 0 Å². The van der Waals surface area contributed by atoms with Crippen LogP contribution in [-0.2, 0) is 19.2 Å². The third-order valence-corrected chi connectivity index (χ3v) is 2.98. The summed E-state index contributed by atoms with van der Waals surface area (Å²) in [6.45, 7) is 9.58. The minimum Gasteiger partial charge on any atom is -0.362 e. The minimum absolute atomic E-state index is 0.0289. The van der Waals surface area contributed by atoms with Gasteiger partial charge >= 0.3 is 0 Å². The van der Waals surface area contributed by atoms with E-state index in [0.717, 1.165) is 11.4 Å². The number of nitrogens with one attached hydrogen (secondary N) is 1. The first-order chi connectivity index (χ1) is 9.56. The van der Waals surface area contributed by atoms with E-state index in [1.54, 1.807) is 0 Å². The van der Waals surface area contributed by atoms with Crippen molar-refractivity contribution >= 4 is 23.1 Å². The molecule has 0 aliphatic carbocycles. The summed E-state index contributed by atoms with van der Waals surface area (Å²) in [7, 11) is 0. The zero-order chi connectivity index (χ0) is 16.7. The van der Waals surface area contributed by atoms with Crippen molar-refractivity contribution in [2.45, 2.75) is 54.4 Å². The zero-order valence-electron chi connectivity index (χ0n) is 13.5. The lowest BCUT2D eigenvalue weighted by Gasteiger charge is -2.21. The summed E-state index contributed by atoms with van der Waals surface area (Å²) in [4.78, 5) is 42.6. The lowest BCUT2D eigenvalue weighted by molar-refractivity contribution is -0.124. The second-order valence-electron chi connectivity index (χ2n) is 5.20. The standard InChI is InChI=1S/C11H15NO2.C5H8O2/c1-6-10(8(3)13)5-11(9(4)14)7(2)12-6;1-4(6)3-5(2)7/h12H,5H2,1-4H3;3H2,1-2H3. The topological polar surface area (TPSA) is 80.3 Å². The van der Waals surface area contributed by atoms with E-state index in [0.29, 0.717) is 17.6 Å². The van der Waals surface area contributed by atoms with Crippen LogP contribution in [0.2, 0.25) is 0 Å². The van der Waals surface area contributed by atoms with Crippen LogP contribution >= 0.6 is 0 Å². The average Bonchev–Trinajstić information content (AvgIpc) is 2.26. The van der Waals surface area contributed by atoms with Gasteiger partial charge in [0, 0.05) is 29.0 Å². The molecule has 0 radical (unpaired) electrons. The highest BCUT2D eigenvalue weighted by molar-refractivity contribution is 6.00. The number of allylic oxidation sites excluding steroid dienone is 4. The number of Topliss-reactive ketones (excluding diaryl/α,β-unsaturated/α-hetero) is 4. The quantitative estimate of drug-likeness (QED) is 0.804. The number of hydrogen-bond acceptors (Lipinski definition) is 5. The summed E-state index contributed by atoms with van der Waals surface area (Å²) in [5.41, 5.74) is 3.14. The molecule has 1 N–H and O–H groups in total. The number of hydrogen-bond donors (Lipinski definition) is 1. The Morgan fingerprint density at radius 2 is 1.14 bits per heavy atom. The molecule has 116 valence electrons. The van der Waals surface area contributed by atoms with Crippen molar-refractivity contribution in [3.05, 3.63) is 22.5 Å². The first-order valence-corrected chi connectivity index (χ1v) is 6.73. The Morgan fingerprint density at radius 1 is 0.810 bits per heavy atom. The molecule has 21 heavy (non-hydrogen) atoms. The fourth-order valence-corrected chi connectivity index (χ4v) is 2.00. The van der Waals surface area contributed by atoms with E-state index in [-0.39, 0.29) is 29.6 Å². The summed E-state index contributed by atoms with van der Waals surface area (Å²) in [5.74, 6) is -0.0671. The second kappa shape index (κ2) is 8.29. The molecule has 0 fully saturated rings. The Balaban J connectivity index is 0.000000486. The van der Waals surface area contributed by atoms with E-state index >= 15 is 0 Å². The molecule has 5 nitrogen and oxygen atoms in total. The van der Waals surface area contributed by atoms with Gasteiger partial charge in [0.05, 0.1) is 6.42 Å². The Kier molecular flexibility index (Phi) is 7.49. The smallest absolute Gasteiger partial charge is 0.157 e. The van der Waals surface area contributed by atoms with Gasteiger partial charge in [0.2, 0.25) is 0 Å². The van der Waals surface area contributed by atoms with Crippen molar-refractivity contribution < 1.29 is 19.2 Å². The highest BCUT2D eigenvalue weighted by Crippen LogP contribution is 2.23. The predicted molar refractivity (Wildman–Crippen MR) is 80.5 cm³/mol. The normalized spacial score (nSPS) is 14.0. The van der Waals surface area contributed by atoms with Crippen molar-refractivity contribution in [2.75, 3.05) is 0 Å². The zero-order valence-corrected chi connectivity index (χ0v) is 13.5. The molecular weight excluding hydrogens is 270 g/mol. The molecule has 0 saturated heterocycles. The lowest BCUT2D eigenvalue weighted by atomic mass is 9.94. The maximum absolute atomic E-state index is 11.3. The summed E-state index contributed by atoms with van der Waals surface area (Å²) in [5, 5.41) is 3.06. The van der Waals surface area contributed by atoms with E-state index in [1.807, 2.05) is 13.8 Å². The minimum atomic E-state index is -0.0625. The predicted octanol–water partition coefficient (Wildman–Crippen LogP) is 2.26. The number of rotatable bonds is 4. The molecule has 0 spiro atoms. The number of carbonyl (C=O) groups is 4. The molecular formula is C16H23NO4. The van der Waals surface area contributed by atoms with Crippen LogP contribution in [-0.4, -0.2) is 23.1 Å². The van der Waals surface area contributed by atoms with Crippen molar-refractivity contribution in [2.24, 2.45) is 0 Å². The monoisotopic (exact) mass is 293 g/mol. The van der Waals surface area contributed by atoms with Crippen molar-refractivity contribution in [3.63, 3.8) is 0 Å². The van der Waals surface area contributed by atoms with E-state index in [9.17, 15) is 19.2 Å². The first kappa shape index (κ1) is 19.0. The average molecular weight is 293 g/mol. The Hall–Kier alpha value is -2.04. The van der Waals surface area contributed by atoms with E-state index in [2.05, 4.69) is 5.32 Å². The van der Waals surface area contributed by atoms with Gasteiger partial charge in [-0.05, 0) is 41.5 Å². The van der Waals surface area contributed by atoms with Gasteiger partial charge in [-0.15, -0.1) is 0 Å². The molecule has 1 heterocycles. The van der Waals surface area contributed by atoms with Crippen molar-refractivity contribution in [1.29, 1.82) is 0 Å². The van der Waals surface area contributed by atoms with Crippen LogP contribution in [0.3, 0.4) is 0 Å². The lowest BCUT2D eigenvalue weighted by Crippen LogP contribution is -2.23. The maximum Gasteiger partial charge on any atom is 0.157 e. The molecule has 0 amide bonds. The highest BCUT2D eigenvalue weighted by atomic mass is 16.1. The molecule has 1 rings (SSSR count). The fraction of sp³-hybridized carbons (Fsp3) is 0.500. The maximum atomic E-state index is 11.3. The number of ketones is 4.